The lowest BCUT2D eigenvalue weighted by Crippen LogP contribution is -2.14. The summed E-state index contributed by atoms with van der Waals surface area (Å²) >= 11 is 0. The Labute approximate surface area is 154 Å². The van der Waals surface area contributed by atoms with Crippen LogP contribution in [0.15, 0.2) is 48.9 Å². The van der Waals surface area contributed by atoms with E-state index in [-0.39, 0.29) is 5.56 Å². The molecule has 3 heterocycles. The molecule has 3 aromatic rings. The molecule has 27 heavy (non-hydrogen) atoms. The Balaban J connectivity index is 1.95. The van der Waals surface area contributed by atoms with E-state index in [0.29, 0.717) is 34.5 Å². The molecule has 0 fully saturated rings. The van der Waals surface area contributed by atoms with Crippen LogP contribution in [0.2, 0.25) is 0 Å². The Kier molecular flexibility index (Phi) is 5.09. The molecule has 0 unspecified atom stereocenters. The van der Waals surface area contributed by atoms with Crippen molar-refractivity contribution in [2.24, 2.45) is 5.73 Å². The monoisotopic (exact) mass is 361 g/mol. The molecule has 0 saturated carbocycles. The number of ether oxygens (including phenoxy) is 1. The summed E-state index contributed by atoms with van der Waals surface area (Å²) in [5.74, 6) is 1.12. The lowest BCUT2D eigenvalue weighted by molar-refractivity contribution is 0.100. The van der Waals surface area contributed by atoms with Crippen molar-refractivity contribution >= 4 is 29.0 Å². The van der Waals surface area contributed by atoms with Gasteiger partial charge in [-0.15, -0.1) is 0 Å². The molecule has 9 nitrogen and oxygen atoms in total. The van der Waals surface area contributed by atoms with Gasteiger partial charge < -0.3 is 21.1 Å². The summed E-state index contributed by atoms with van der Waals surface area (Å²) in [4.78, 5) is 24.2. The van der Waals surface area contributed by atoms with Crippen LogP contribution in [0, 0.1) is 11.3 Å². The normalized spacial score (nSPS) is 9.93. The minimum atomic E-state index is -0.643. The molecule has 4 N–H and O–H groups in total. The van der Waals surface area contributed by atoms with E-state index >= 15 is 0 Å². The first-order chi connectivity index (χ1) is 13.1. The summed E-state index contributed by atoms with van der Waals surface area (Å²) in [5.41, 5.74) is 6.48. The summed E-state index contributed by atoms with van der Waals surface area (Å²) in [6.45, 7) is 0. The Morgan fingerprint density at radius 2 is 1.96 bits per heavy atom. The smallest absolute Gasteiger partial charge is 0.252 e. The number of anilines is 4. The van der Waals surface area contributed by atoms with Crippen molar-refractivity contribution in [3.05, 3.63) is 60.0 Å². The molecule has 3 rings (SSSR count). The predicted molar refractivity (Wildman–Crippen MR) is 99.1 cm³/mol. The maximum Gasteiger partial charge on any atom is 0.252 e. The van der Waals surface area contributed by atoms with Crippen LogP contribution in [0.4, 0.5) is 23.1 Å². The summed E-state index contributed by atoms with van der Waals surface area (Å²) in [6, 6.07) is 10.3. The minimum absolute atomic E-state index is 0.187. The minimum Gasteiger partial charge on any atom is -0.493 e. The molecule has 0 saturated heterocycles. The number of aromatic nitrogens is 3. The zero-order valence-corrected chi connectivity index (χ0v) is 14.3. The fourth-order valence-corrected chi connectivity index (χ4v) is 2.30. The van der Waals surface area contributed by atoms with Crippen LogP contribution < -0.4 is 21.1 Å². The number of methoxy groups -OCH3 is 1. The highest BCUT2D eigenvalue weighted by atomic mass is 16.5. The fourth-order valence-electron chi connectivity index (χ4n) is 2.30. The van der Waals surface area contributed by atoms with Gasteiger partial charge in [0.05, 0.1) is 30.0 Å². The zero-order chi connectivity index (χ0) is 19.2. The van der Waals surface area contributed by atoms with Crippen LogP contribution in [0.1, 0.15) is 15.9 Å². The van der Waals surface area contributed by atoms with Gasteiger partial charge >= 0.3 is 0 Å². The summed E-state index contributed by atoms with van der Waals surface area (Å²) in [6.07, 6.45) is 4.44. The molecular formula is C18H15N7O2. The average Bonchev–Trinajstić information content (AvgIpc) is 2.68. The largest absolute Gasteiger partial charge is 0.493 e. The van der Waals surface area contributed by atoms with Gasteiger partial charge in [0.25, 0.3) is 5.91 Å². The van der Waals surface area contributed by atoms with E-state index in [1.807, 2.05) is 6.07 Å². The standard InChI is InChI=1S/C18H15N7O2/c1-27-14-3-2-5-22-18(14)24-13-8-16(23-10-12(13)17(20)26)25-15-7-11(9-19)4-6-21-15/h2-8,10H,1H3,(H2,20,26)(H2,21,22,23,24,25). The first-order valence-corrected chi connectivity index (χ1v) is 7.79. The Morgan fingerprint density at radius 3 is 2.70 bits per heavy atom. The maximum atomic E-state index is 11.7. The van der Waals surface area contributed by atoms with Crippen molar-refractivity contribution in [2.75, 3.05) is 17.7 Å². The number of primary amides is 1. The Morgan fingerprint density at radius 1 is 1.15 bits per heavy atom. The number of nitrogens with two attached hydrogens (primary N) is 1. The third-order valence-corrected chi connectivity index (χ3v) is 3.56. The number of nitriles is 1. The van der Waals surface area contributed by atoms with Crippen molar-refractivity contribution in [2.45, 2.75) is 0 Å². The van der Waals surface area contributed by atoms with E-state index in [9.17, 15) is 4.79 Å². The van der Waals surface area contributed by atoms with Crippen LogP contribution >= 0.6 is 0 Å². The van der Waals surface area contributed by atoms with Crippen molar-refractivity contribution in [1.82, 2.24) is 15.0 Å². The van der Waals surface area contributed by atoms with E-state index in [1.165, 1.54) is 19.5 Å². The van der Waals surface area contributed by atoms with Crippen molar-refractivity contribution < 1.29 is 9.53 Å². The molecule has 9 heteroatoms. The quantitative estimate of drug-likeness (QED) is 0.608. The molecule has 0 aromatic carbocycles. The number of rotatable bonds is 6. The zero-order valence-electron chi connectivity index (χ0n) is 14.3. The number of amides is 1. The molecule has 0 spiro atoms. The van der Waals surface area contributed by atoms with E-state index in [4.69, 9.17) is 15.7 Å². The lowest BCUT2D eigenvalue weighted by Gasteiger charge is -2.13. The highest BCUT2D eigenvalue weighted by Crippen LogP contribution is 2.28. The summed E-state index contributed by atoms with van der Waals surface area (Å²) < 4.78 is 5.26. The van der Waals surface area contributed by atoms with Gasteiger partial charge in [0.2, 0.25) is 0 Å². The molecule has 3 aromatic heterocycles. The molecular weight excluding hydrogens is 346 g/mol. The molecule has 0 aliphatic rings. The SMILES string of the molecule is COc1cccnc1Nc1cc(Nc2cc(C#N)ccn2)ncc1C(N)=O. The fraction of sp³-hybridized carbons (Fsp3) is 0.0556. The van der Waals surface area contributed by atoms with E-state index in [1.54, 1.807) is 36.5 Å². The van der Waals surface area contributed by atoms with E-state index < -0.39 is 5.91 Å². The highest BCUT2D eigenvalue weighted by molar-refractivity contribution is 5.99. The predicted octanol–water partition coefficient (Wildman–Crippen LogP) is 2.34. The molecule has 0 atom stereocenters. The van der Waals surface area contributed by atoms with Crippen molar-refractivity contribution in [3.8, 4) is 11.8 Å². The number of nitrogens with zero attached hydrogens (tertiary/aromatic N) is 4. The van der Waals surface area contributed by atoms with Gasteiger partial charge in [0.1, 0.15) is 11.6 Å². The molecule has 0 radical (unpaired) electrons. The van der Waals surface area contributed by atoms with Crippen molar-refractivity contribution in [3.63, 3.8) is 0 Å². The van der Waals surface area contributed by atoms with Crippen LogP contribution in [0.5, 0.6) is 5.75 Å². The maximum absolute atomic E-state index is 11.7. The number of nitrogens with one attached hydrogen (secondary N) is 2. The van der Waals surface area contributed by atoms with Crippen LogP contribution in [0.25, 0.3) is 0 Å². The van der Waals surface area contributed by atoms with Gasteiger partial charge in [-0.25, -0.2) is 15.0 Å². The van der Waals surface area contributed by atoms with Gasteiger partial charge in [0, 0.05) is 24.7 Å². The first kappa shape index (κ1) is 17.6. The second kappa shape index (κ2) is 7.79. The second-order valence-corrected chi connectivity index (χ2v) is 5.33. The van der Waals surface area contributed by atoms with Crippen LogP contribution in [0.3, 0.4) is 0 Å². The summed E-state index contributed by atoms with van der Waals surface area (Å²) in [5, 5.41) is 15.0. The third kappa shape index (κ3) is 4.08. The number of carbonyl (C=O) groups excluding carboxylic acids is 1. The molecule has 1 amide bonds. The molecule has 134 valence electrons. The van der Waals surface area contributed by atoms with Gasteiger partial charge in [-0.2, -0.15) is 5.26 Å². The number of pyridine rings is 3. The Hall–Kier alpha value is -4.19. The van der Waals surface area contributed by atoms with Gasteiger partial charge in [-0.05, 0) is 24.3 Å². The van der Waals surface area contributed by atoms with Gasteiger partial charge in [0.15, 0.2) is 11.6 Å². The summed E-state index contributed by atoms with van der Waals surface area (Å²) in [7, 11) is 1.52. The lowest BCUT2D eigenvalue weighted by atomic mass is 10.2. The number of hydrogen-bond acceptors (Lipinski definition) is 8. The molecule has 0 bridgehead atoms. The molecule has 0 aliphatic carbocycles. The number of hydrogen-bond donors (Lipinski definition) is 3. The topological polar surface area (TPSA) is 139 Å². The van der Waals surface area contributed by atoms with Crippen LogP contribution in [-0.4, -0.2) is 28.0 Å². The molecule has 0 aliphatic heterocycles. The van der Waals surface area contributed by atoms with Gasteiger partial charge in [-0.1, -0.05) is 0 Å². The Bertz CT molecular complexity index is 1030. The van der Waals surface area contributed by atoms with Crippen LogP contribution in [-0.2, 0) is 0 Å². The second-order valence-electron chi connectivity index (χ2n) is 5.33. The van der Waals surface area contributed by atoms with E-state index in [2.05, 4.69) is 25.6 Å². The van der Waals surface area contributed by atoms with Crippen molar-refractivity contribution in [1.29, 1.82) is 5.26 Å². The highest BCUT2D eigenvalue weighted by Gasteiger charge is 2.13. The first-order valence-electron chi connectivity index (χ1n) is 7.79. The van der Waals surface area contributed by atoms with Gasteiger partial charge in [-0.3, -0.25) is 4.79 Å². The third-order valence-electron chi connectivity index (χ3n) is 3.56. The number of carbonyl (C=O) groups is 1. The van der Waals surface area contributed by atoms with E-state index in [0.717, 1.165) is 0 Å². The average molecular weight is 361 g/mol.